The molecule has 1 N–H and O–H groups in total. The molecule has 0 saturated heterocycles. The number of carbonyl (C=O) groups excluding carboxylic acids is 3. The van der Waals surface area contributed by atoms with Crippen molar-refractivity contribution in [2.24, 2.45) is 5.92 Å². The lowest BCUT2D eigenvalue weighted by Crippen LogP contribution is -2.27. The van der Waals surface area contributed by atoms with Gasteiger partial charge in [-0.2, -0.15) is 0 Å². The van der Waals surface area contributed by atoms with E-state index in [9.17, 15) is 19.5 Å². The monoisotopic (exact) mass is 198 g/mol. The fourth-order valence-electron chi connectivity index (χ4n) is 1.07. The molecule has 78 valence electrons. The molecule has 0 amide bonds. The predicted molar refractivity (Wildman–Crippen MR) is 49.6 cm³/mol. The Morgan fingerprint density at radius 1 is 1.43 bits per heavy atom. The lowest BCUT2D eigenvalue weighted by Gasteiger charge is -2.12. The molecule has 0 fully saturated rings. The summed E-state index contributed by atoms with van der Waals surface area (Å²) in [5.41, 5.74) is 0. The number of carbonyl (C=O) groups is 2. The molecule has 0 aromatic rings. The van der Waals surface area contributed by atoms with Gasteiger partial charge in [0.2, 0.25) is 0 Å². The average molecular weight is 198 g/mol. The zero-order valence-electron chi connectivity index (χ0n) is 8.37. The lowest BCUT2D eigenvalue weighted by molar-refractivity contribution is -0.132. The maximum Gasteiger partial charge on any atom is 0.199 e. The number of hydrogen-bond acceptors (Lipinski definition) is 4. The quantitative estimate of drug-likeness (QED) is 0.618. The van der Waals surface area contributed by atoms with E-state index in [-0.39, 0.29) is 18.9 Å². The number of Topliss-reactive ketones (excluding diaryl/α,β-unsaturated/α-hetero) is 2. The van der Waals surface area contributed by atoms with Crippen molar-refractivity contribution in [2.75, 3.05) is 0 Å². The van der Waals surface area contributed by atoms with Crippen molar-refractivity contribution in [2.45, 2.75) is 33.1 Å². The normalized spacial score (nSPS) is 12.6. The van der Waals surface area contributed by atoms with E-state index in [1.165, 1.54) is 13.2 Å². The molecule has 0 heterocycles. The minimum absolute atomic E-state index is 0.238. The lowest BCUT2D eigenvalue weighted by atomic mass is 9.92. The molecule has 0 aliphatic heterocycles. The molecule has 1 atom stereocenters. The van der Waals surface area contributed by atoms with Gasteiger partial charge in [0, 0.05) is 6.42 Å². The maximum absolute atomic E-state index is 11.4. The van der Waals surface area contributed by atoms with Crippen molar-refractivity contribution in [3.05, 3.63) is 6.10 Å². The van der Waals surface area contributed by atoms with Gasteiger partial charge in [-0.3, -0.25) is 14.4 Å². The van der Waals surface area contributed by atoms with Crippen LogP contribution in [0.25, 0.3) is 0 Å². The Morgan fingerprint density at radius 3 is 2.36 bits per heavy atom. The zero-order valence-corrected chi connectivity index (χ0v) is 8.37. The third-order valence-corrected chi connectivity index (χ3v) is 1.87. The van der Waals surface area contributed by atoms with Crippen molar-refractivity contribution in [3.63, 3.8) is 0 Å². The van der Waals surface area contributed by atoms with E-state index in [0.717, 1.165) is 0 Å². The van der Waals surface area contributed by atoms with E-state index in [1.54, 1.807) is 6.92 Å². The standard InChI is InChI=1S/C10H14O4/c1-3-4-9(13)10(14)8(5-6-11)7(2)12/h8,13H,3-5H2,1-2H3. The zero-order chi connectivity index (χ0) is 11.1. The van der Waals surface area contributed by atoms with Crippen LogP contribution in [0.1, 0.15) is 33.1 Å². The molecule has 0 aliphatic carbocycles. The summed E-state index contributed by atoms with van der Waals surface area (Å²) in [5.74, 6) is -2.12. The van der Waals surface area contributed by atoms with Crippen LogP contribution in [0.15, 0.2) is 0 Å². The molecule has 0 aliphatic rings. The molecule has 1 unspecified atom stereocenters. The topological polar surface area (TPSA) is 71.4 Å². The van der Waals surface area contributed by atoms with Gasteiger partial charge in [0.05, 0.1) is 5.92 Å². The average Bonchev–Trinajstić information content (AvgIpc) is 2.13. The van der Waals surface area contributed by atoms with Gasteiger partial charge in [-0.05, 0) is 13.3 Å². The second kappa shape index (κ2) is 6.43. The van der Waals surface area contributed by atoms with Crippen molar-refractivity contribution in [1.82, 2.24) is 0 Å². The SMILES string of the molecule is CCC[C](O)C(=O)C(C[C]=O)C(C)=O. The van der Waals surface area contributed by atoms with E-state index in [1.807, 2.05) is 0 Å². The fraction of sp³-hybridized carbons (Fsp3) is 0.600. The first-order valence-electron chi connectivity index (χ1n) is 4.49. The summed E-state index contributed by atoms with van der Waals surface area (Å²) in [6, 6.07) is 0. The molecule has 0 aromatic heterocycles. The first-order valence-corrected chi connectivity index (χ1v) is 4.49. The minimum atomic E-state index is -1.06. The summed E-state index contributed by atoms with van der Waals surface area (Å²) in [6.07, 6.45) is 1.76. The molecule has 4 nitrogen and oxygen atoms in total. The summed E-state index contributed by atoms with van der Waals surface area (Å²) < 4.78 is 0. The molecule has 0 bridgehead atoms. The smallest absolute Gasteiger partial charge is 0.199 e. The largest absolute Gasteiger partial charge is 0.378 e. The number of rotatable bonds is 7. The first-order chi connectivity index (χ1) is 6.54. The van der Waals surface area contributed by atoms with Crippen LogP contribution in [0.3, 0.4) is 0 Å². The van der Waals surface area contributed by atoms with E-state index >= 15 is 0 Å². The summed E-state index contributed by atoms with van der Waals surface area (Å²) >= 11 is 0. The van der Waals surface area contributed by atoms with Gasteiger partial charge in [0.15, 0.2) is 18.2 Å². The van der Waals surface area contributed by atoms with Gasteiger partial charge in [-0.25, -0.2) is 0 Å². The molecule has 4 heteroatoms. The molecule has 0 aromatic carbocycles. The minimum Gasteiger partial charge on any atom is -0.378 e. The van der Waals surface area contributed by atoms with Crippen LogP contribution in [0.2, 0.25) is 0 Å². The number of ketones is 2. The van der Waals surface area contributed by atoms with Gasteiger partial charge >= 0.3 is 0 Å². The molecular weight excluding hydrogens is 184 g/mol. The second-order valence-electron chi connectivity index (χ2n) is 3.07. The van der Waals surface area contributed by atoms with Crippen LogP contribution in [0.4, 0.5) is 0 Å². The summed E-state index contributed by atoms with van der Waals surface area (Å²) in [7, 11) is 0. The van der Waals surface area contributed by atoms with Crippen LogP contribution >= 0.6 is 0 Å². The molecular formula is C10H14O4. The van der Waals surface area contributed by atoms with Crippen LogP contribution in [0.5, 0.6) is 0 Å². The Balaban J connectivity index is 4.42. The second-order valence-corrected chi connectivity index (χ2v) is 3.07. The van der Waals surface area contributed by atoms with Gasteiger partial charge < -0.3 is 5.11 Å². The maximum atomic E-state index is 11.4. The van der Waals surface area contributed by atoms with Crippen molar-refractivity contribution < 1.29 is 19.5 Å². The number of aliphatic hydroxyl groups excluding tert-OH is 1. The van der Waals surface area contributed by atoms with Gasteiger partial charge in [0.1, 0.15) is 5.78 Å². The summed E-state index contributed by atoms with van der Waals surface area (Å²) in [6.45, 7) is 3.03. The molecule has 14 heavy (non-hydrogen) atoms. The Bertz CT molecular complexity index is 222. The number of hydrogen-bond donors (Lipinski definition) is 1. The van der Waals surface area contributed by atoms with Gasteiger partial charge in [-0.1, -0.05) is 13.3 Å². The van der Waals surface area contributed by atoms with E-state index in [2.05, 4.69) is 0 Å². The summed E-state index contributed by atoms with van der Waals surface area (Å²) in [5, 5.41) is 9.25. The van der Waals surface area contributed by atoms with Gasteiger partial charge in [0.25, 0.3) is 0 Å². The van der Waals surface area contributed by atoms with E-state index < -0.39 is 17.5 Å². The van der Waals surface area contributed by atoms with Crippen LogP contribution < -0.4 is 0 Å². The van der Waals surface area contributed by atoms with E-state index in [4.69, 9.17) is 0 Å². The Kier molecular flexibility index (Phi) is 5.95. The summed E-state index contributed by atoms with van der Waals surface area (Å²) in [4.78, 5) is 32.4. The van der Waals surface area contributed by atoms with Crippen molar-refractivity contribution in [3.8, 4) is 0 Å². The number of aliphatic hydroxyl groups is 1. The highest BCUT2D eigenvalue weighted by molar-refractivity contribution is 6.07. The highest BCUT2D eigenvalue weighted by atomic mass is 16.3. The highest BCUT2D eigenvalue weighted by Crippen LogP contribution is 2.15. The van der Waals surface area contributed by atoms with E-state index in [0.29, 0.717) is 6.42 Å². The third kappa shape index (κ3) is 3.79. The highest BCUT2D eigenvalue weighted by Gasteiger charge is 2.29. The predicted octanol–water partition coefficient (Wildman–Crippen LogP) is 0.965. The van der Waals surface area contributed by atoms with Crippen LogP contribution in [-0.2, 0) is 14.4 Å². The third-order valence-electron chi connectivity index (χ3n) is 1.87. The molecule has 0 saturated carbocycles. The fourth-order valence-corrected chi connectivity index (χ4v) is 1.07. The first kappa shape index (κ1) is 13.0. The van der Waals surface area contributed by atoms with Gasteiger partial charge in [-0.15, -0.1) is 0 Å². The Labute approximate surface area is 83.3 Å². The van der Waals surface area contributed by atoms with Crippen molar-refractivity contribution >= 4 is 17.9 Å². The molecule has 0 rings (SSSR count). The Hall–Kier alpha value is -1.03. The van der Waals surface area contributed by atoms with Crippen molar-refractivity contribution in [1.29, 1.82) is 0 Å². The molecule has 2 radical (unpaired) electrons. The molecule has 0 spiro atoms. The van der Waals surface area contributed by atoms with Crippen LogP contribution in [-0.4, -0.2) is 23.0 Å². The Morgan fingerprint density at radius 2 is 2.00 bits per heavy atom. The van der Waals surface area contributed by atoms with Crippen LogP contribution in [0, 0.1) is 12.0 Å².